The number of hydrogen-bond acceptors (Lipinski definition) is 5. The van der Waals surface area contributed by atoms with Crippen LogP contribution < -0.4 is 10.6 Å². The molecule has 2 aromatic rings. The predicted molar refractivity (Wildman–Crippen MR) is 126 cm³/mol. The summed E-state index contributed by atoms with van der Waals surface area (Å²) in [5.74, 6) is 0. The van der Waals surface area contributed by atoms with Gasteiger partial charge in [-0.2, -0.15) is 0 Å². The zero-order valence-electron chi connectivity index (χ0n) is 19.5. The molecule has 0 spiro atoms. The van der Waals surface area contributed by atoms with Crippen LogP contribution in [-0.4, -0.2) is 56.2 Å². The van der Waals surface area contributed by atoms with E-state index in [9.17, 15) is 4.79 Å². The Bertz CT molecular complexity index is 815. The number of benzene rings is 2. The van der Waals surface area contributed by atoms with Gasteiger partial charge in [-0.3, -0.25) is 0 Å². The summed E-state index contributed by atoms with van der Waals surface area (Å²) in [5.41, 5.74) is 2.07. The van der Waals surface area contributed by atoms with Crippen LogP contribution in [0, 0.1) is 0 Å². The van der Waals surface area contributed by atoms with Crippen molar-refractivity contribution in [2.24, 2.45) is 0 Å². The van der Waals surface area contributed by atoms with Crippen molar-refractivity contribution in [3.05, 3.63) is 71.8 Å². The first-order valence-electron chi connectivity index (χ1n) is 11.3. The van der Waals surface area contributed by atoms with Crippen LogP contribution in [0.15, 0.2) is 60.7 Å². The Kier molecular flexibility index (Phi) is 8.67. The van der Waals surface area contributed by atoms with Crippen molar-refractivity contribution < 1.29 is 19.0 Å². The maximum absolute atomic E-state index is 11.8. The van der Waals surface area contributed by atoms with Crippen molar-refractivity contribution in [3.8, 4) is 0 Å². The summed E-state index contributed by atoms with van der Waals surface area (Å²) in [5, 5.41) is 6.19. The second-order valence-corrected chi connectivity index (χ2v) is 9.27. The number of epoxide rings is 2. The molecule has 2 N–H and O–H groups in total. The zero-order valence-corrected chi connectivity index (χ0v) is 19.5. The van der Waals surface area contributed by atoms with E-state index in [2.05, 4.69) is 34.9 Å². The Balaban J connectivity index is 0.000000193. The summed E-state index contributed by atoms with van der Waals surface area (Å²) in [4.78, 5) is 11.8. The predicted octanol–water partition coefficient (Wildman–Crippen LogP) is 3.74. The van der Waals surface area contributed by atoms with E-state index in [0.717, 1.165) is 19.4 Å². The Hall–Kier alpha value is -2.41. The van der Waals surface area contributed by atoms with Crippen LogP contribution in [0.2, 0.25) is 0 Å². The van der Waals surface area contributed by atoms with Crippen LogP contribution in [-0.2, 0) is 27.1 Å². The van der Waals surface area contributed by atoms with Gasteiger partial charge in [0.25, 0.3) is 0 Å². The van der Waals surface area contributed by atoms with E-state index in [1.165, 1.54) is 11.1 Å². The van der Waals surface area contributed by atoms with E-state index < -0.39 is 5.60 Å². The van der Waals surface area contributed by atoms with E-state index in [1.807, 2.05) is 64.2 Å². The van der Waals surface area contributed by atoms with Crippen LogP contribution in [0.5, 0.6) is 0 Å². The third-order valence-corrected chi connectivity index (χ3v) is 5.29. The van der Waals surface area contributed by atoms with Crippen molar-refractivity contribution in [1.29, 1.82) is 0 Å². The molecule has 4 rings (SSSR count). The number of ether oxygens (including phenoxy) is 3. The highest BCUT2D eigenvalue weighted by molar-refractivity contribution is 5.68. The summed E-state index contributed by atoms with van der Waals surface area (Å²) < 4.78 is 15.9. The fourth-order valence-corrected chi connectivity index (χ4v) is 3.47. The van der Waals surface area contributed by atoms with Crippen LogP contribution in [0.1, 0.15) is 31.9 Å². The van der Waals surface area contributed by atoms with E-state index in [4.69, 9.17) is 14.2 Å². The lowest BCUT2D eigenvalue weighted by molar-refractivity contribution is 0.0495. The van der Waals surface area contributed by atoms with Gasteiger partial charge >= 0.3 is 6.09 Å². The molecule has 4 atom stereocenters. The lowest BCUT2D eigenvalue weighted by Gasteiger charge is -2.23. The second-order valence-electron chi connectivity index (χ2n) is 9.27. The Labute approximate surface area is 191 Å². The summed E-state index contributed by atoms with van der Waals surface area (Å²) in [6.45, 7) is 7.18. The first-order valence-corrected chi connectivity index (χ1v) is 11.3. The number of carbonyl (C=O) groups is 1. The van der Waals surface area contributed by atoms with Crippen molar-refractivity contribution in [3.63, 3.8) is 0 Å². The third kappa shape index (κ3) is 8.99. The van der Waals surface area contributed by atoms with E-state index in [0.29, 0.717) is 18.8 Å². The maximum Gasteiger partial charge on any atom is 0.407 e. The normalized spacial score (nSPS) is 20.9. The quantitative estimate of drug-likeness (QED) is 0.612. The highest BCUT2D eigenvalue weighted by atomic mass is 16.6. The number of amides is 1. The molecular weight excluding hydrogens is 404 g/mol. The number of alkyl carbamates (subject to hydrolysis) is 1. The van der Waals surface area contributed by atoms with E-state index in [1.54, 1.807) is 0 Å². The van der Waals surface area contributed by atoms with Gasteiger partial charge < -0.3 is 24.8 Å². The molecule has 0 aromatic heterocycles. The lowest BCUT2D eigenvalue weighted by atomic mass is 10.0. The van der Waals surface area contributed by atoms with Gasteiger partial charge in [0.15, 0.2) is 0 Å². The first kappa shape index (κ1) is 24.2. The van der Waals surface area contributed by atoms with Gasteiger partial charge in [-0.1, -0.05) is 60.7 Å². The van der Waals surface area contributed by atoms with Gasteiger partial charge in [0.1, 0.15) is 11.7 Å². The van der Waals surface area contributed by atoms with Gasteiger partial charge in [0.05, 0.1) is 25.4 Å². The minimum absolute atomic E-state index is 0.0303. The summed E-state index contributed by atoms with van der Waals surface area (Å²) in [7, 11) is 2.00. The van der Waals surface area contributed by atoms with Crippen LogP contribution in [0.4, 0.5) is 4.79 Å². The Morgan fingerprint density at radius 3 is 1.75 bits per heavy atom. The molecule has 2 saturated heterocycles. The lowest BCUT2D eigenvalue weighted by Crippen LogP contribution is -2.43. The number of hydrogen-bond donors (Lipinski definition) is 2. The minimum atomic E-state index is -0.480. The summed E-state index contributed by atoms with van der Waals surface area (Å²) in [6.07, 6.45) is 1.97. The maximum atomic E-state index is 11.8. The molecule has 174 valence electrons. The molecule has 0 saturated carbocycles. The number of likely N-dealkylation sites (N-methyl/N-ethyl adjacent to an activating group) is 1. The van der Waals surface area contributed by atoms with Gasteiger partial charge in [-0.15, -0.1) is 0 Å². The summed E-state index contributed by atoms with van der Waals surface area (Å²) >= 11 is 0. The molecular formula is C26H36N2O4. The monoisotopic (exact) mass is 440 g/mol. The molecule has 32 heavy (non-hydrogen) atoms. The van der Waals surface area contributed by atoms with Crippen molar-refractivity contribution in [2.45, 2.75) is 63.5 Å². The fourth-order valence-electron chi connectivity index (χ4n) is 3.47. The average Bonchev–Trinajstić information content (AvgIpc) is 3.65. The highest BCUT2D eigenvalue weighted by Gasteiger charge is 2.35. The van der Waals surface area contributed by atoms with Gasteiger partial charge in [0, 0.05) is 6.04 Å². The molecule has 2 heterocycles. The first-order chi connectivity index (χ1) is 15.3. The fraction of sp³-hybridized carbons (Fsp3) is 0.500. The smallest absolute Gasteiger partial charge is 0.407 e. The highest BCUT2D eigenvalue weighted by Crippen LogP contribution is 2.19. The molecule has 6 nitrogen and oxygen atoms in total. The largest absolute Gasteiger partial charge is 0.444 e. The molecule has 2 fully saturated rings. The Morgan fingerprint density at radius 1 is 0.906 bits per heavy atom. The third-order valence-electron chi connectivity index (χ3n) is 5.29. The SMILES string of the molecule is CC(C)(C)OC(=O)N[C@H](Cc1ccccc1)[C@H]1CO1.CN[C@H](Cc1ccccc1)[C@H]1CO1. The average molecular weight is 441 g/mol. The van der Waals surface area contributed by atoms with Crippen LogP contribution in [0.25, 0.3) is 0 Å². The minimum Gasteiger partial charge on any atom is -0.444 e. The van der Waals surface area contributed by atoms with Gasteiger partial charge in [0.2, 0.25) is 0 Å². The molecule has 0 unspecified atom stereocenters. The molecule has 0 aliphatic carbocycles. The van der Waals surface area contributed by atoms with Crippen molar-refractivity contribution in [1.82, 2.24) is 10.6 Å². The molecule has 2 aromatic carbocycles. The van der Waals surface area contributed by atoms with Crippen LogP contribution >= 0.6 is 0 Å². The molecule has 0 radical (unpaired) electrons. The molecule has 2 aliphatic rings. The van der Waals surface area contributed by atoms with Crippen LogP contribution in [0.3, 0.4) is 0 Å². The standard InChI is InChI=1S/C15H21NO3.C11H15NO/c1-15(2,3)19-14(17)16-12(13-10-18-13)9-11-7-5-4-6-8-11;1-12-10(11-8-13-11)7-9-5-3-2-4-6-9/h4-8,12-13H,9-10H2,1-3H3,(H,16,17);2-6,10-12H,7-8H2,1H3/t12-,13-;10-,11-/m11/s1. The zero-order chi connectivity index (χ0) is 23.0. The van der Waals surface area contributed by atoms with E-state index >= 15 is 0 Å². The van der Waals surface area contributed by atoms with Gasteiger partial charge in [-0.25, -0.2) is 4.79 Å². The molecule has 6 heteroatoms. The van der Waals surface area contributed by atoms with Gasteiger partial charge in [-0.05, 0) is 51.8 Å². The topological polar surface area (TPSA) is 75.4 Å². The molecule has 0 bridgehead atoms. The number of nitrogens with one attached hydrogen (secondary N) is 2. The van der Waals surface area contributed by atoms with Crippen molar-refractivity contribution >= 4 is 6.09 Å². The van der Waals surface area contributed by atoms with Crippen molar-refractivity contribution in [2.75, 3.05) is 20.3 Å². The number of rotatable bonds is 8. The molecule has 2 aliphatic heterocycles. The number of carbonyl (C=O) groups excluding carboxylic acids is 1. The van der Waals surface area contributed by atoms with E-state index in [-0.39, 0.29) is 18.2 Å². The molecule has 1 amide bonds. The second kappa shape index (κ2) is 11.5. The summed E-state index contributed by atoms with van der Waals surface area (Å²) in [6, 6.07) is 21.0. The Morgan fingerprint density at radius 2 is 1.34 bits per heavy atom.